The lowest BCUT2D eigenvalue weighted by molar-refractivity contribution is -0.275. The van der Waals surface area contributed by atoms with Crippen LogP contribution in [0.15, 0.2) is 0 Å². The summed E-state index contributed by atoms with van der Waals surface area (Å²) >= 11 is 0. The van der Waals surface area contributed by atoms with Gasteiger partial charge < -0.3 is 10.2 Å². The first-order valence-electron chi connectivity index (χ1n) is 14.1. The van der Waals surface area contributed by atoms with Gasteiger partial charge in [-0.1, -0.05) is 55.4 Å². The molecule has 2 nitrogen and oxygen atoms in total. The highest BCUT2D eigenvalue weighted by molar-refractivity contribution is 5.19. The third-order valence-electron chi connectivity index (χ3n) is 14.1. The highest BCUT2D eigenvalue weighted by Crippen LogP contribution is 2.76. The number of fused-ring (bicyclic) bond motifs is 7. The van der Waals surface area contributed by atoms with E-state index < -0.39 is 0 Å². The van der Waals surface area contributed by atoms with Crippen LogP contribution in [-0.4, -0.2) is 22.4 Å². The molecule has 5 aliphatic carbocycles. The Kier molecular flexibility index (Phi) is 5.17. The van der Waals surface area contributed by atoms with E-state index in [0.29, 0.717) is 28.6 Å². The fourth-order valence-corrected chi connectivity index (χ4v) is 11.7. The average Bonchev–Trinajstić information content (AvgIpc) is 2.70. The first-order valence-corrected chi connectivity index (χ1v) is 14.1. The Morgan fingerprint density at radius 1 is 0.625 bits per heavy atom. The minimum absolute atomic E-state index is 0.0179. The van der Waals surface area contributed by atoms with Gasteiger partial charge in [0.1, 0.15) is 0 Å². The summed E-state index contributed by atoms with van der Waals surface area (Å²) in [6, 6.07) is 0. The minimum Gasteiger partial charge on any atom is -0.393 e. The van der Waals surface area contributed by atoms with Crippen molar-refractivity contribution < 1.29 is 10.2 Å². The Hall–Kier alpha value is -0.0800. The molecule has 0 bridgehead atoms. The molecule has 0 spiro atoms. The van der Waals surface area contributed by atoms with Crippen LogP contribution in [0.5, 0.6) is 0 Å². The van der Waals surface area contributed by atoms with Gasteiger partial charge in [0, 0.05) is 0 Å². The Balaban J connectivity index is 1.56. The Bertz CT molecular complexity index is 760. The molecule has 0 aromatic rings. The molecule has 184 valence electrons. The normalized spacial score (nSPS) is 61.7. The third kappa shape index (κ3) is 2.66. The number of aliphatic hydroxyl groups excluding tert-OH is 2. The highest BCUT2D eigenvalue weighted by atomic mass is 16.3. The number of rotatable bonds is 0. The summed E-state index contributed by atoms with van der Waals surface area (Å²) in [5, 5.41) is 22.7. The number of hydrogen-bond acceptors (Lipinski definition) is 2. The molecule has 32 heavy (non-hydrogen) atoms. The Morgan fingerprint density at radius 2 is 1.28 bits per heavy atom. The van der Waals surface area contributed by atoms with Crippen LogP contribution in [0.25, 0.3) is 0 Å². The molecular weight excluding hydrogens is 392 g/mol. The zero-order chi connectivity index (χ0) is 23.5. The van der Waals surface area contributed by atoms with Crippen molar-refractivity contribution >= 4 is 0 Å². The topological polar surface area (TPSA) is 40.5 Å². The van der Waals surface area contributed by atoms with Crippen molar-refractivity contribution in [1.82, 2.24) is 0 Å². The fourth-order valence-electron chi connectivity index (χ4n) is 11.7. The summed E-state index contributed by atoms with van der Waals surface area (Å²) in [7, 11) is 0. The zero-order valence-electron chi connectivity index (χ0n) is 22.4. The van der Waals surface area contributed by atoms with Crippen LogP contribution in [-0.2, 0) is 0 Å². The second-order valence-corrected chi connectivity index (χ2v) is 15.2. The largest absolute Gasteiger partial charge is 0.393 e. The van der Waals surface area contributed by atoms with Crippen molar-refractivity contribution in [2.45, 2.75) is 125 Å². The van der Waals surface area contributed by atoms with Crippen molar-refractivity contribution in [1.29, 1.82) is 0 Å². The molecule has 5 saturated carbocycles. The smallest absolute Gasteiger partial charge is 0.0602 e. The molecular formula is C30H52O2. The van der Waals surface area contributed by atoms with Crippen LogP contribution in [0.2, 0.25) is 0 Å². The summed E-state index contributed by atoms with van der Waals surface area (Å²) in [6.45, 7) is 20.0. The van der Waals surface area contributed by atoms with Crippen LogP contribution < -0.4 is 0 Å². The van der Waals surface area contributed by atoms with Gasteiger partial charge in [0.2, 0.25) is 0 Å². The lowest BCUT2D eigenvalue weighted by Gasteiger charge is -2.74. The van der Waals surface area contributed by atoms with Crippen LogP contribution in [0, 0.1) is 62.6 Å². The fraction of sp³-hybridized carbons (Fsp3) is 1.00. The van der Waals surface area contributed by atoms with Gasteiger partial charge >= 0.3 is 0 Å². The molecule has 0 aromatic carbocycles. The predicted octanol–water partition coefficient (Wildman–Crippen LogP) is 7.08. The van der Waals surface area contributed by atoms with E-state index in [1.54, 1.807) is 0 Å². The Morgan fingerprint density at radius 3 is 1.97 bits per heavy atom. The van der Waals surface area contributed by atoms with Gasteiger partial charge in [-0.05, 0) is 120 Å². The molecule has 0 saturated heterocycles. The Labute approximate surface area is 198 Å². The molecule has 0 aromatic heterocycles. The molecule has 0 aliphatic heterocycles. The van der Waals surface area contributed by atoms with Crippen molar-refractivity contribution in [3.63, 3.8) is 0 Å². The second kappa shape index (κ2) is 6.99. The average molecular weight is 445 g/mol. The molecule has 0 unspecified atom stereocenters. The summed E-state index contributed by atoms with van der Waals surface area (Å²) in [5.74, 6) is 4.23. The molecule has 5 rings (SSSR count). The maximum atomic E-state index is 11.8. The molecule has 5 fully saturated rings. The summed E-state index contributed by atoms with van der Waals surface area (Å²) in [6.07, 6.45) is 10.6. The molecule has 5 aliphatic rings. The van der Waals surface area contributed by atoms with Crippen molar-refractivity contribution in [2.24, 2.45) is 62.6 Å². The van der Waals surface area contributed by atoms with E-state index >= 15 is 0 Å². The highest BCUT2D eigenvalue weighted by Gasteiger charge is 2.71. The van der Waals surface area contributed by atoms with Gasteiger partial charge in [-0.3, -0.25) is 0 Å². The van der Waals surface area contributed by atoms with Crippen molar-refractivity contribution in [3.8, 4) is 0 Å². The van der Waals surface area contributed by atoms with Crippen molar-refractivity contribution in [2.75, 3.05) is 0 Å². The standard InChI is InChI=1S/C30H52O2/c1-18-11-14-28(6)24(32)17-30(8)20(25(28)19(18)2)9-10-22-27(5)15-13-23(31)26(3,4)21(27)12-16-29(22,30)7/h18-25,31-32H,9-17H2,1-8H3/t18-,19+,20+,21-,22+,23-,24+,25+,27-,28+,29+,30+/m0/s1. The van der Waals surface area contributed by atoms with E-state index in [2.05, 4.69) is 55.4 Å². The van der Waals surface area contributed by atoms with Crippen molar-refractivity contribution in [3.05, 3.63) is 0 Å². The van der Waals surface area contributed by atoms with Gasteiger partial charge in [0.25, 0.3) is 0 Å². The number of aliphatic hydroxyl groups is 2. The van der Waals surface area contributed by atoms with Gasteiger partial charge in [0.05, 0.1) is 12.2 Å². The molecule has 0 radical (unpaired) electrons. The van der Waals surface area contributed by atoms with E-state index in [1.165, 1.54) is 44.9 Å². The van der Waals surface area contributed by atoms with E-state index in [1.807, 2.05) is 0 Å². The monoisotopic (exact) mass is 444 g/mol. The lowest BCUT2D eigenvalue weighted by Crippen LogP contribution is -2.69. The molecule has 0 heterocycles. The van der Waals surface area contributed by atoms with Crippen LogP contribution >= 0.6 is 0 Å². The summed E-state index contributed by atoms with van der Waals surface area (Å²) in [4.78, 5) is 0. The van der Waals surface area contributed by atoms with Gasteiger partial charge in [-0.25, -0.2) is 0 Å². The van der Waals surface area contributed by atoms with E-state index in [4.69, 9.17) is 0 Å². The van der Waals surface area contributed by atoms with Gasteiger partial charge in [0.15, 0.2) is 0 Å². The molecule has 2 N–H and O–H groups in total. The maximum absolute atomic E-state index is 11.8. The van der Waals surface area contributed by atoms with E-state index in [9.17, 15) is 10.2 Å². The summed E-state index contributed by atoms with van der Waals surface area (Å²) in [5.41, 5.74) is 0.962. The molecule has 12 atom stereocenters. The van der Waals surface area contributed by atoms with E-state index in [-0.39, 0.29) is 28.5 Å². The molecule has 0 amide bonds. The summed E-state index contributed by atoms with van der Waals surface area (Å²) < 4.78 is 0. The quantitative estimate of drug-likeness (QED) is 0.419. The zero-order valence-corrected chi connectivity index (χ0v) is 22.4. The van der Waals surface area contributed by atoms with Crippen LogP contribution in [0.3, 0.4) is 0 Å². The van der Waals surface area contributed by atoms with Gasteiger partial charge in [-0.2, -0.15) is 0 Å². The predicted molar refractivity (Wildman–Crippen MR) is 132 cm³/mol. The van der Waals surface area contributed by atoms with Crippen LogP contribution in [0.1, 0.15) is 113 Å². The van der Waals surface area contributed by atoms with E-state index in [0.717, 1.165) is 30.6 Å². The third-order valence-corrected chi connectivity index (χ3v) is 14.1. The minimum atomic E-state index is -0.158. The number of hydrogen-bond donors (Lipinski definition) is 2. The molecule has 2 heteroatoms. The SMILES string of the molecule is C[C@H]1[C@@H]2[C@H]3CC[C@@H]4[C@@]5(C)CC[C@H](O)C(C)(C)[C@@H]5CC[C@@]4(C)[C@]3(C)C[C@@H](O)[C@@]2(C)CC[C@@H]1C. The lowest BCUT2D eigenvalue weighted by atomic mass is 9.31. The first kappa shape index (κ1) is 23.7. The maximum Gasteiger partial charge on any atom is 0.0602 e. The van der Waals surface area contributed by atoms with Gasteiger partial charge in [-0.15, -0.1) is 0 Å². The first-order chi connectivity index (χ1) is 14.7. The van der Waals surface area contributed by atoms with Crippen LogP contribution in [0.4, 0.5) is 0 Å². The second-order valence-electron chi connectivity index (χ2n) is 15.2.